The molecule has 0 bridgehead atoms. The van der Waals surface area contributed by atoms with Crippen molar-refractivity contribution in [1.82, 2.24) is 0 Å². The molecule has 0 spiro atoms. The molecule has 6 heteroatoms. The van der Waals surface area contributed by atoms with Gasteiger partial charge in [-0.1, -0.05) is 0 Å². The number of methoxy groups -OCH3 is 1. The van der Waals surface area contributed by atoms with Gasteiger partial charge in [-0.3, -0.25) is 4.79 Å². The van der Waals surface area contributed by atoms with Crippen molar-refractivity contribution in [2.24, 2.45) is 0 Å². The lowest BCUT2D eigenvalue weighted by Gasteiger charge is -2.17. The van der Waals surface area contributed by atoms with Crippen LogP contribution in [0.25, 0.3) is 0 Å². The minimum atomic E-state index is -0.560. The van der Waals surface area contributed by atoms with Crippen LogP contribution in [0, 0.1) is 0 Å². The molecule has 1 aromatic rings. The van der Waals surface area contributed by atoms with Crippen molar-refractivity contribution in [2.45, 2.75) is 32.0 Å². The lowest BCUT2D eigenvalue weighted by atomic mass is 10.2. The monoisotopic (exact) mass is 294 g/mol. The highest BCUT2D eigenvalue weighted by Crippen LogP contribution is 2.24. The van der Waals surface area contributed by atoms with E-state index in [2.05, 4.69) is 5.32 Å². The molecule has 0 aliphatic carbocycles. The van der Waals surface area contributed by atoms with E-state index in [1.807, 2.05) is 0 Å². The van der Waals surface area contributed by atoms with E-state index in [1.54, 1.807) is 32.2 Å². The van der Waals surface area contributed by atoms with Crippen LogP contribution in [0.1, 0.15) is 19.8 Å². The Kier molecular flexibility index (Phi) is 5.41. The molecule has 2 rings (SSSR count). The Bertz CT molecular complexity index is 487. The number of ether oxygens (including phenoxy) is 3. The van der Waals surface area contributed by atoms with Crippen molar-refractivity contribution in [1.29, 1.82) is 0 Å². The molecule has 1 aliphatic rings. The number of rotatable bonds is 6. The average molecular weight is 294 g/mol. The van der Waals surface area contributed by atoms with E-state index in [9.17, 15) is 4.79 Å². The summed E-state index contributed by atoms with van der Waals surface area (Å²) >= 11 is 0. The molecule has 0 radical (unpaired) electrons. The van der Waals surface area contributed by atoms with Crippen LogP contribution in [0.2, 0.25) is 0 Å². The highest BCUT2D eigenvalue weighted by atomic mass is 16.5. The van der Waals surface area contributed by atoms with Gasteiger partial charge in [0.25, 0.3) is 5.91 Å². The molecule has 2 unspecified atom stereocenters. The number of carbonyl (C=O) groups excluding carboxylic acids is 1. The Hall–Kier alpha value is -1.79. The number of carbonyl (C=O) groups is 1. The van der Waals surface area contributed by atoms with E-state index in [4.69, 9.17) is 19.9 Å². The van der Waals surface area contributed by atoms with Crippen LogP contribution in [-0.2, 0) is 14.3 Å². The zero-order valence-electron chi connectivity index (χ0n) is 12.4. The van der Waals surface area contributed by atoms with Crippen molar-refractivity contribution < 1.29 is 19.0 Å². The normalized spacial score (nSPS) is 19.2. The second-order valence-corrected chi connectivity index (χ2v) is 5.05. The number of hydrogen-bond acceptors (Lipinski definition) is 5. The second kappa shape index (κ2) is 7.28. The van der Waals surface area contributed by atoms with Gasteiger partial charge in [-0.05, 0) is 31.9 Å². The molecule has 1 amide bonds. The number of nitrogens with two attached hydrogens (primary N) is 1. The zero-order chi connectivity index (χ0) is 15.2. The molecule has 116 valence electrons. The number of benzene rings is 1. The van der Waals surface area contributed by atoms with Crippen LogP contribution in [0.3, 0.4) is 0 Å². The third-order valence-corrected chi connectivity index (χ3v) is 3.44. The predicted molar refractivity (Wildman–Crippen MR) is 80.4 cm³/mol. The molecular weight excluding hydrogens is 272 g/mol. The van der Waals surface area contributed by atoms with Crippen LogP contribution < -0.4 is 15.8 Å². The summed E-state index contributed by atoms with van der Waals surface area (Å²) in [6.45, 7) is 2.92. The first kappa shape index (κ1) is 15.6. The van der Waals surface area contributed by atoms with Crippen molar-refractivity contribution in [3.05, 3.63) is 18.2 Å². The number of anilines is 2. The molecule has 0 aromatic heterocycles. The van der Waals surface area contributed by atoms with E-state index in [0.29, 0.717) is 23.7 Å². The van der Waals surface area contributed by atoms with Crippen LogP contribution in [0.4, 0.5) is 11.4 Å². The average Bonchev–Trinajstić information content (AvgIpc) is 3.00. The Morgan fingerprint density at radius 1 is 1.57 bits per heavy atom. The summed E-state index contributed by atoms with van der Waals surface area (Å²) in [4.78, 5) is 12.1. The van der Waals surface area contributed by atoms with Gasteiger partial charge in [-0.2, -0.15) is 0 Å². The molecular formula is C15H22N2O4. The standard InChI is InChI=1S/C15H22N2O4/c1-10(21-9-12-4-3-7-20-12)15(18)17-14-6-5-11(19-2)8-13(14)16/h5-6,8,10,12H,3-4,7,9,16H2,1-2H3,(H,17,18). The maximum atomic E-state index is 12.1. The quantitative estimate of drug-likeness (QED) is 0.782. The lowest BCUT2D eigenvalue weighted by Crippen LogP contribution is -2.30. The lowest BCUT2D eigenvalue weighted by molar-refractivity contribution is -0.128. The number of amides is 1. The second-order valence-electron chi connectivity index (χ2n) is 5.05. The van der Waals surface area contributed by atoms with E-state index < -0.39 is 6.10 Å². The topological polar surface area (TPSA) is 82.8 Å². The Morgan fingerprint density at radius 2 is 2.38 bits per heavy atom. The molecule has 1 saturated heterocycles. The highest BCUT2D eigenvalue weighted by Gasteiger charge is 2.20. The fraction of sp³-hybridized carbons (Fsp3) is 0.533. The van der Waals surface area contributed by atoms with E-state index in [0.717, 1.165) is 19.4 Å². The number of hydrogen-bond donors (Lipinski definition) is 2. The van der Waals surface area contributed by atoms with E-state index in [-0.39, 0.29) is 12.0 Å². The first-order valence-electron chi connectivity index (χ1n) is 7.07. The van der Waals surface area contributed by atoms with Crippen molar-refractivity contribution in [3.63, 3.8) is 0 Å². The molecule has 1 heterocycles. The van der Waals surface area contributed by atoms with Crippen molar-refractivity contribution in [3.8, 4) is 5.75 Å². The molecule has 1 fully saturated rings. The Balaban J connectivity index is 1.84. The molecule has 1 aliphatic heterocycles. The fourth-order valence-corrected chi connectivity index (χ4v) is 2.12. The maximum absolute atomic E-state index is 12.1. The van der Waals surface area contributed by atoms with Gasteiger partial charge in [0.05, 0.1) is 31.2 Å². The SMILES string of the molecule is COc1ccc(NC(=O)C(C)OCC2CCCO2)c(N)c1. The Labute approximate surface area is 124 Å². The van der Waals surface area contributed by atoms with Gasteiger partial charge in [-0.15, -0.1) is 0 Å². The number of nitrogen functional groups attached to an aromatic ring is 1. The summed E-state index contributed by atoms with van der Waals surface area (Å²) in [6, 6.07) is 5.11. The molecule has 0 saturated carbocycles. The minimum absolute atomic E-state index is 0.103. The van der Waals surface area contributed by atoms with Gasteiger partial charge in [0.15, 0.2) is 0 Å². The molecule has 1 aromatic carbocycles. The minimum Gasteiger partial charge on any atom is -0.497 e. The third kappa shape index (κ3) is 4.34. The first-order valence-corrected chi connectivity index (χ1v) is 7.07. The smallest absolute Gasteiger partial charge is 0.253 e. The maximum Gasteiger partial charge on any atom is 0.253 e. The van der Waals surface area contributed by atoms with Gasteiger partial charge < -0.3 is 25.3 Å². The van der Waals surface area contributed by atoms with Crippen molar-refractivity contribution >= 4 is 17.3 Å². The van der Waals surface area contributed by atoms with Crippen LogP contribution in [-0.4, -0.2) is 38.4 Å². The van der Waals surface area contributed by atoms with E-state index in [1.165, 1.54) is 0 Å². The number of nitrogens with one attached hydrogen (secondary N) is 1. The Morgan fingerprint density at radius 3 is 3.00 bits per heavy atom. The first-order chi connectivity index (χ1) is 10.1. The summed E-state index contributed by atoms with van der Waals surface area (Å²) in [5, 5.41) is 2.75. The van der Waals surface area contributed by atoms with Crippen molar-refractivity contribution in [2.75, 3.05) is 31.4 Å². The van der Waals surface area contributed by atoms with Crippen LogP contribution in [0.5, 0.6) is 5.75 Å². The largest absolute Gasteiger partial charge is 0.497 e. The molecule has 6 nitrogen and oxygen atoms in total. The third-order valence-electron chi connectivity index (χ3n) is 3.44. The summed E-state index contributed by atoms with van der Waals surface area (Å²) < 4.78 is 16.1. The summed E-state index contributed by atoms with van der Waals surface area (Å²) in [7, 11) is 1.56. The van der Waals surface area contributed by atoms with Crippen LogP contribution in [0.15, 0.2) is 18.2 Å². The summed E-state index contributed by atoms with van der Waals surface area (Å²) in [5.41, 5.74) is 6.87. The summed E-state index contributed by atoms with van der Waals surface area (Å²) in [6.07, 6.45) is 1.58. The highest BCUT2D eigenvalue weighted by molar-refractivity contribution is 5.96. The van der Waals surface area contributed by atoms with Gasteiger partial charge >= 0.3 is 0 Å². The fourth-order valence-electron chi connectivity index (χ4n) is 2.12. The van der Waals surface area contributed by atoms with E-state index >= 15 is 0 Å². The molecule has 3 N–H and O–H groups in total. The molecule has 2 atom stereocenters. The molecule has 21 heavy (non-hydrogen) atoms. The van der Waals surface area contributed by atoms with Gasteiger partial charge in [0.1, 0.15) is 11.9 Å². The van der Waals surface area contributed by atoms with Gasteiger partial charge in [0.2, 0.25) is 0 Å². The zero-order valence-corrected chi connectivity index (χ0v) is 12.4. The predicted octanol–water partition coefficient (Wildman–Crippen LogP) is 1.80. The summed E-state index contributed by atoms with van der Waals surface area (Å²) in [5.74, 6) is 0.415. The van der Waals surface area contributed by atoms with Gasteiger partial charge in [0, 0.05) is 12.7 Å². The van der Waals surface area contributed by atoms with Gasteiger partial charge in [-0.25, -0.2) is 0 Å². The van der Waals surface area contributed by atoms with Crippen LogP contribution >= 0.6 is 0 Å².